The summed E-state index contributed by atoms with van der Waals surface area (Å²) in [6.45, 7) is 6.04. The van der Waals surface area contributed by atoms with Crippen molar-refractivity contribution in [2.75, 3.05) is 19.7 Å². The van der Waals surface area contributed by atoms with E-state index in [-0.39, 0.29) is 5.91 Å². The second-order valence-corrected chi connectivity index (χ2v) is 4.62. The van der Waals surface area contributed by atoms with Gasteiger partial charge in [-0.3, -0.25) is 4.79 Å². The number of nitrogens with one attached hydrogen (secondary N) is 1. The number of carbonyl (C=O) groups is 1. The summed E-state index contributed by atoms with van der Waals surface area (Å²) >= 11 is 0. The van der Waals surface area contributed by atoms with Crippen molar-refractivity contribution in [1.82, 2.24) is 5.32 Å². The predicted octanol–water partition coefficient (Wildman–Crippen LogP) is 1.80. The molecule has 1 amide bonds. The zero-order valence-corrected chi connectivity index (χ0v) is 11.1. The maximum absolute atomic E-state index is 11.8. The minimum Gasteiger partial charge on any atom is -0.494 e. The molecule has 0 saturated carbocycles. The van der Waals surface area contributed by atoms with Crippen LogP contribution in [0, 0.1) is 5.92 Å². The fourth-order valence-electron chi connectivity index (χ4n) is 1.37. The van der Waals surface area contributed by atoms with Crippen molar-refractivity contribution in [3.63, 3.8) is 0 Å². The van der Waals surface area contributed by atoms with Crippen molar-refractivity contribution in [3.8, 4) is 5.75 Å². The van der Waals surface area contributed by atoms with Crippen LogP contribution in [-0.4, -0.2) is 25.6 Å². The summed E-state index contributed by atoms with van der Waals surface area (Å²) in [5.74, 6) is 1.17. The number of nitrogens with two attached hydrogens (primary N) is 1. The number of hydrogen-bond acceptors (Lipinski definition) is 3. The molecule has 1 aromatic carbocycles. The van der Waals surface area contributed by atoms with Crippen LogP contribution in [0.3, 0.4) is 0 Å². The molecule has 0 radical (unpaired) electrons. The first kappa shape index (κ1) is 14.5. The van der Waals surface area contributed by atoms with Crippen molar-refractivity contribution in [3.05, 3.63) is 29.8 Å². The lowest BCUT2D eigenvalue weighted by molar-refractivity contribution is 0.0949. The number of benzene rings is 1. The summed E-state index contributed by atoms with van der Waals surface area (Å²) in [7, 11) is 0. The Hall–Kier alpha value is -1.55. The number of carbonyl (C=O) groups excluding carboxylic acids is 1. The van der Waals surface area contributed by atoms with E-state index >= 15 is 0 Å². The van der Waals surface area contributed by atoms with Crippen molar-refractivity contribution in [2.45, 2.75) is 20.3 Å². The van der Waals surface area contributed by atoms with Crippen molar-refractivity contribution in [1.29, 1.82) is 0 Å². The zero-order chi connectivity index (χ0) is 13.4. The van der Waals surface area contributed by atoms with E-state index in [1.807, 2.05) is 0 Å². The molecule has 1 aromatic rings. The van der Waals surface area contributed by atoms with Gasteiger partial charge in [0.05, 0.1) is 6.61 Å². The van der Waals surface area contributed by atoms with Crippen molar-refractivity contribution >= 4 is 5.91 Å². The van der Waals surface area contributed by atoms with E-state index in [0.717, 1.165) is 12.2 Å². The molecule has 0 fully saturated rings. The van der Waals surface area contributed by atoms with Crippen molar-refractivity contribution < 1.29 is 9.53 Å². The molecule has 4 nitrogen and oxygen atoms in total. The monoisotopic (exact) mass is 250 g/mol. The number of amides is 1. The lowest BCUT2D eigenvalue weighted by Gasteiger charge is -2.09. The molecule has 0 aromatic heterocycles. The minimum absolute atomic E-state index is 0.0443. The van der Waals surface area contributed by atoms with Gasteiger partial charge in [-0.05, 0) is 43.1 Å². The van der Waals surface area contributed by atoms with Crippen LogP contribution in [0.1, 0.15) is 30.6 Å². The van der Waals surface area contributed by atoms with Gasteiger partial charge >= 0.3 is 0 Å². The second kappa shape index (κ2) is 7.71. The summed E-state index contributed by atoms with van der Waals surface area (Å²) < 4.78 is 5.47. The molecule has 18 heavy (non-hydrogen) atoms. The first-order valence-corrected chi connectivity index (χ1v) is 6.34. The molecule has 0 saturated heterocycles. The molecule has 0 spiro atoms. The van der Waals surface area contributed by atoms with Crippen LogP contribution in [0.25, 0.3) is 0 Å². The molecular formula is C14H22N2O2. The fourth-order valence-corrected chi connectivity index (χ4v) is 1.37. The fraction of sp³-hybridized carbons (Fsp3) is 0.500. The highest BCUT2D eigenvalue weighted by molar-refractivity contribution is 5.94. The average molecular weight is 250 g/mol. The Bertz CT molecular complexity index is 361. The Labute approximate surface area is 109 Å². The molecule has 100 valence electrons. The molecule has 0 bridgehead atoms. The molecular weight excluding hydrogens is 228 g/mol. The van der Waals surface area contributed by atoms with E-state index in [1.165, 1.54) is 0 Å². The Morgan fingerprint density at radius 1 is 1.33 bits per heavy atom. The standard InChI is InChI=1S/C14H22N2O2/c1-11(2)10-16-14(17)12-4-6-13(7-5-12)18-9-3-8-15/h4-7,11H,3,8-10,15H2,1-2H3,(H,16,17). The van der Waals surface area contributed by atoms with Gasteiger partial charge in [0, 0.05) is 12.1 Å². The van der Waals surface area contributed by atoms with Crippen LogP contribution in [0.15, 0.2) is 24.3 Å². The predicted molar refractivity (Wildman–Crippen MR) is 72.8 cm³/mol. The van der Waals surface area contributed by atoms with Crippen LogP contribution in [-0.2, 0) is 0 Å². The molecule has 1 rings (SSSR count). The molecule has 0 atom stereocenters. The van der Waals surface area contributed by atoms with Gasteiger partial charge in [0.2, 0.25) is 0 Å². The number of ether oxygens (including phenoxy) is 1. The van der Waals surface area contributed by atoms with Gasteiger partial charge < -0.3 is 15.8 Å². The first-order chi connectivity index (χ1) is 8.63. The van der Waals surface area contributed by atoms with E-state index in [4.69, 9.17) is 10.5 Å². The number of rotatable bonds is 7. The Morgan fingerprint density at radius 3 is 2.56 bits per heavy atom. The van der Waals surface area contributed by atoms with Gasteiger partial charge in [-0.25, -0.2) is 0 Å². The lowest BCUT2D eigenvalue weighted by Crippen LogP contribution is -2.27. The smallest absolute Gasteiger partial charge is 0.251 e. The van der Waals surface area contributed by atoms with E-state index in [1.54, 1.807) is 24.3 Å². The molecule has 0 aliphatic heterocycles. The van der Waals surface area contributed by atoms with E-state index < -0.39 is 0 Å². The second-order valence-electron chi connectivity index (χ2n) is 4.62. The Balaban J connectivity index is 2.46. The topological polar surface area (TPSA) is 64.3 Å². The summed E-state index contributed by atoms with van der Waals surface area (Å²) in [6, 6.07) is 7.16. The quantitative estimate of drug-likeness (QED) is 0.725. The van der Waals surface area contributed by atoms with Gasteiger partial charge in [0.1, 0.15) is 5.75 Å². The SMILES string of the molecule is CC(C)CNC(=O)c1ccc(OCCCN)cc1. The highest BCUT2D eigenvalue weighted by atomic mass is 16.5. The first-order valence-electron chi connectivity index (χ1n) is 6.34. The van der Waals surface area contributed by atoms with E-state index in [0.29, 0.717) is 31.2 Å². The van der Waals surface area contributed by atoms with Crippen molar-refractivity contribution in [2.24, 2.45) is 11.7 Å². The van der Waals surface area contributed by atoms with Gasteiger partial charge in [-0.2, -0.15) is 0 Å². The van der Waals surface area contributed by atoms with Gasteiger partial charge in [-0.15, -0.1) is 0 Å². The van der Waals surface area contributed by atoms with Crippen LogP contribution in [0.5, 0.6) is 5.75 Å². The maximum Gasteiger partial charge on any atom is 0.251 e. The van der Waals surface area contributed by atoms with Crippen LogP contribution in [0.4, 0.5) is 0 Å². The third-order valence-electron chi connectivity index (χ3n) is 2.40. The minimum atomic E-state index is -0.0443. The largest absolute Gasteiger partial charge is 0.494 e. The summed E-state index contributed by atoms with van der Waals surface area (Å²) in [6.07, 6.45) is 0.830. The average Bonchev–Trinajstić information content (AvgIpc) is 2.37. The molecule has 3 N–H and O–H groups in total. The number of hydrogen-bond donors (Lipinski definition) is 2. The molecule has 0 heterocycles. The van der Waals surface area contributed by atoms with Gasteiger partial charge in [-0.1, -0.05) is 13.8 Å². The third kappa shape index (κ3) is 5.19. The summed E-state index contributed by atoms with van der Waals surface area (Å²) in [4.78, 5) is 11.8. The van der Waals surface area contributed by atoms with Crippen LogP contribution < -0.4 is 15.8 Å². The van der Waals surface area contributed by atoms with E-state index in [9.17, 15) is 4.79 Å². The normalized spacial score (nSPS) is 10.4. The molecule has 0 aliphatic rings. The summed E-state index contributed by atoms with van der Waals surface area (Å²) in [5.41, 5.74) is 6.04. The highest BCUT2D eigenvalue weighted by Crippen LogP contribution is 2.12. The Morgan fingerprint density at radius 2 is 2.00 bits per heavy atom. The molecule has 4 heteroatoms. The summed E-state index contributed by atoms with van der Waals surface area (Å²) in [5, 5.41) is 2.87. The third-order valence-corrected chi connectivity index (χ3v) is 2.40. The highest BCUT2D eigenvalue weighted by Gasteiger charge is 2.05. The van der Waals surface area contributed by atoms with E-state index in [2.05, 4.69) is 19.2 Å². The molecule has 0 unspecified atom stereocenters. The lowest BCUT2D eigenvalue weighted by atomic mass is 10.2. The zero-order valence-electron chi connectivity index (χ0n) is 11.1. The van der Waals surface area contributed by atoms with Crippen LogP contribution in [0.2, 0.25) is 0 Å². The maximum atomic E-state index is 11.8. The van der Waals surface area contributed by atoms with Crippen LogP contribution >= 0.6 is 0 Å². The molecule has 0 aliphatic carbocycles. The van der Waals surface area contributed by atoms with Gasteiger partial charge in [0.25, 0.3) is 5.91 Å². The van der Waals surface area contributed by atoms with Gasteiger partial charge in [0.15, 0.2) is 0 Å². The Kier molecular flexibility index (Phi) is 6.22.